The maximum atomic E-state index is 4.44. The molecule has 1 aliphatic carbocycles. The third kappa shape index (κ3) is 2.27. The number of fused-ring (bicyclic) bond motifs is 1. The summed E-state index contributed by atoms with van der Waals surface area (Å²) in [6, 6.07) is 11.4. The van der Waals surface area contributed by atoms with Gasteiger partial charge in [0.2, 0.25) is 0 Å². The predicted molar refractivity (Wildman–Crippen MR) is 81.8 cm³/mol. The smallest absolute Gasteiger partial charge is 0.0561 e. The van der Waals surface area contributed by atoms with Crippen LogP contribution in [0, 0.1) is 0 Å². The van der Waals surface area contributed by atoms with Crippen LogP contribution in [0.3, 0.4) is 0 Å². The second kappa shape index (κ2) is 5.80. The predicted octanol–water partition coefficient (Wildman–Crippen LogP) is 3.28. The highest BCUT2D eigenvalue weighted by Crippen LogP contribution is 2.41. The van der Waals surface area contributed by atoms with E-state index in [9.17, 15) is 0 Å². The molecule has 3 heteroatoms. The molecule has 1 aromatic heterocycles. The molecule has 0 aliphatic heterocycles. The molecule has 1 N–H and O–H groups in total. The SMILES string of the molecule is CCNC(c1ccnn1CC)C1CCc2ccccc21. The lowest BCUT2D eigenvalue weighted by atomic mass is 9.91. The summed E-state index contributed by atoms with van der Waals surface area (Å²) in [4.78, 5) is 0. The van der Waals surface area contributed by atoms with Gasteiger partial charge in [0.1, 0.15) is 0 Å². The summed E-state index contributed by atoms with van der Waals surface area (Å²) in [7, 11) is 0. The van der Waals surface area contributed by atoms with Crippen molar-refractivity contribution in [3.63, 3.8) is 0 Å². The van der Waals surface area contributed by atoms with E-state index in [0.29, 0.717) is 12.0 Å². The fourth-order valence-electron chi connectivity index (χ4n) is 3.48. The third-order valence-electron chi connectivity index (χ3n) is 4.37. The van der Waals surface area contributed by atoms with Gasteiger partial charge in [0.15, 0.2) is 0 Å². The summed E-state index contributed by atoms with van der Waals surface area (Å²) in [5.41, 5.74) is 4.35. The molecular weight excluding hydrogens is 246 g/mol. The molecule has 3 rings (SSSR count). The Hall–Kier alpha value is -1.61. The van der Waals surface area contributed by atoms with Crippen LogP contribution >= 0.6 is 0 Å². The van der Waals surface area contributed by atoms with E-state index in [2.05, 4.69) is 59.3 Å². The summed E-state index contributed by atoms with van der Waals surface area (Å²) >= 11 is 0. The van der Waals surface area contributed by atoms with Gasteiger partial charge in [-0.2, -0.15) is 5.10 Å². The lowest BCUT2D eigenvalue weighted by Gasteiger charge is -2.26. The molecular formula is C17H23N3. The molecule has 2 atom stereocenters. The van der Waals surface area contributed by atoms with E-state index in [-0.39, 0.29) is 0 Å². The Morgan fingerprint density at radius 1 is 1.30 bits per heavy atom. The molecule has 0 radical (unpaired) electrons. The van der Waals surface area contributed by atoms with Crippen molar-refractivity contribution in [3.8, 4) is 0 Å². The molecule has 3 nitrogen and oxygen atoms in total. The number of aryl methyl sites for hydroxylation is 2. The first-order valence-electron chi connectivity index (χ1n) is 7.68. The van der Waals surface area contributed by atoms with E-state index in [4.69, 9.17) is 0 Å². The van der Waals surface area contributed by atoms with Gasteiger partial charge in [-0.3, -0.25) is 4.68 Å². The minimum Gasteiger partial charge on any atom is -0.308 e. The Balaban J connectivity index is 1.96. The maximum Gasteiger partial charge on any atom is 0.0561 e. The molecule has 1 heterocycles. The molecule has 0 bridgehead atoms. The zero-order valence-corrected chi connectivity index (χ0v) is 12.3. The van der Waals surface area contributed by atoms with Crippen molar-refractivity contribution in [1.29, 1.82) is 0 Å². The van der Waals surface area contributed by atoms with Crippen molar-refractivity contribution in [2.45, 2.75) is 45.2 Å². The van der Waals surface area contributed by atoms with Crippen molar-refractivity contribution in [1.82, 2.24) is 15.1 Å². The maximum absolute atomic E-state index is 4.44. The number of hydrogen-bond acceptors (Lipinski definition) is 2. The first-order valence-corrected chi connectivity index (χ1v) is 7.68. The molecule has 1 aromatic carbocycles. The van der Waals surface area contributed by atoms with Crippen LogP contribution in [0.25, 0.3) is 0 Å². The monoisotopic (exact) mass is 269 g/mol. The van der Waals surface area contributed by atoms with E-state index < -0.39 is 0 Å². The summed E-state index contributed by atoms with van der Waals surface area (Å²) in [6.45, 7) is 6.25. The van der Waals surface area contributed by atoms with Gasteiger partial charge in [0.05, 0.1) is 11.7 Å². The van der Waals surface area contributed by atoms with Crippen LogP contribution in [0.1, 0.15) is 49.0 Å². The molecule has 0 amide bonds. The van der Waals surface area contributed by atoms with Gasteiger partial charge >= 0.3 is 0 Å². The minimum atomic E-state index is 0.367. The number of benzene rings is 1. The van der Waals surface area contributed by atoms with Crippen molar-refractivity contribution >= 4 is 0 Å². The Kier molecular flexibility index (Phi) is 3.88. The first-order chi connectivity index (χ1) is 9.85. The molecule has 0 saturated heterocycles. The van der Waals surface area contributed by atoms with Crippen molar-refractivity contribution in [2.75, 3.05) is 6.54 Å². The lowest BCUT2D eigenvalue weighted by Crippen LogP contribution is -2.28. The molecule has 2 aromatic rings. The average molecular weight is 269 g/mol. The molecule has 0 saturated carbocycles. The number of aromatic nitrogens is 2. The van der Waals surface area contributed by atoms with Gasteiger partial charge in [-0.15, -0.1) is 0 Å². The molecule has 0 spiro atoms. The Morgan fingerprint density at radius 2 is 2.15 bits per heavy atom. The summed E-state index contributed by atoms with van der Waals surface area (Å²) in [5, 5.41) is 8.12. The highest BCUT2D eigenvalue weighted by molar-refractivity contribution is 5.37. The summed E-state index contributed by atoms with van der Waals surface area (Å²) in [5.74, 6) is 0.563. The third-order valence-corrected chi connectivity index (χ3v) is 4.37. The van der Waals surface area contributed by atoms with E-state index in [1.807, 2.05) is 6.20 Å². The van der Waals surface area contributed by atoms with Crippen molar-refractivity contribution in [2.24, 2.45) is 0 Å². The van der Waals surface area contributed by atoms with Crippen LogP contribution in [0.5, 0.6) is 0 Å². The fourth-order valence-corrected chi connectivity index (χ4v) is 3.48. The van der Waals surface area contributed by atoms with Crippen molar-refractivity contribution < 1.29 is 0 Å². The second-order valence-corrected chi connectivity index (χ2v) is 5.45. The van der Waals surface area contributed by atoms with Crippen LogP contribution in [0.4, 0.5) is 0 Å². The van der Waals surface area contributed by atoms with Gasteiger partial charge in [-0.25, -0.2) is 0 Å². The van der Waals surface area contributed by atoms with E-state index in [0.717, 1.165) is 13.1 Å². The second-order valence-electron chi connectivity index (χ2n) is 5.45. The number of nitrogens with one attached hydrogen (secondary N) is 1. The number of nitrogens with zero attached hydrogens (tertiary/aromatic N) is 2. The summed E-state index contributed by atoms with van der Waals surface area (Å²) in [6.07, 6.45) is 4.35. The van der Waals surface area contributed by atoms with Gasteiger partial charge in [0.25, 0.3) is 0 Å². The Labute approximate surface area is 121 Å². The largest absolute Gasteiger partial charge is 0.308 e. The Morgan fingerprint density at radius 3 is 2.95 bits per heavy atom. The number of likely N-dealkylation sites (N-methyl/N-ethyl adjacent to an activating group) is 1. The quantitative estimate of drug-likeness (QED) is 0.902. The molecule has 106 valence electrons. The molecule has 20 heavy (non-hydrogen) atoms. The fraction of sp³-hybridized carbons (Fsp3) is 0.471. The van der Waals surface area contributed by atoms with E-state index >= 15 is 0 Å². The zero-order valence-electron chi connectivity index (χ0n) is 12.3. The van der Waals surface area contributed by atoms with Gasteiger partial charge in [-0.1, -0.05) is 31.2 Å². The normalized spacial score (nSPS) is 19.0. The molecule has 1 aliphatic rings. The van der Waals surface area contributed by atoms with E-state index in [1.165, 1.54) is 29.7 Å². The number of hydrogen-bond donors (Lipinski definition) is 1. The van der Waals surface area contributed by atoms with Crippen LogP contribution in [-0.4, -0.2) is 16.3 Å². The topological polar surface area (TPSA) is 29.9 Å². The lowest BCUT2D eigenvalue weighted by molar-refractivity contribution is 0.419. The molecule has 0 fully saturated rings. The number of rotatable bonds is 5. The average Bonchev–Trinajstić information content (AvgIpc) is 3.11. The van der Waals surface area contributed by atoms with Crippen LogP contribution in [-0.2, 0) is 13.0 Å². The molecule has 2 unspecified atom stereocenters. The van der Waals surface area contributed by atoms with Gasteiger partial charge in [-0.05, 0) is 43.5 Å². The highest BCUT2D eigenvalue weighted by Gasteiger charge is 2.31. The van der Waals surface area contributed by atoms with Gasteiger partial charge in [0, 0.05) is 18.7 Å². The Bertz CT molecular complexity index is 573. The minimum absolute atomic E-state index is 0.367. The standard InChI is InChI=1S/C17H23N3/c1-3-18-17(16-11-12-19-20(16)4-2)15-10-9-13-7-5-6-8-14(13)15/h5-8,11-12,15,17-18H,3-4,9-10H2,1-2H3. The van der Waals surface area contributed by atoms with E-state index in [1.54, 1.807) is 0 Å². The van der Waals surface area contributed by atoms with Crippen LogP contribution in [0.15, 0.2) is 36.5 Å². The highest BCUT2D eigenvalue weighted by atomic mass is 15.3. The summed E-state index contributed by atoms with van der Waals surface area (Å²) < 4.78 is 2.12. The zero-order chi connectivity index (χ0) is 13.9. The van der Waals surface area contributed by atoms with Crippen LogP contribution < -0.4 is 5.32 Å². The van der Waals surface area contributed by atoms with Gasteiger partial charge < -0.3 is 5.32 Å². The first kappa shape index (κ1) is 13.4. The van der Waals surface area contributed by atoms with Crippen molar-refractivity contribution in [3.05, 3.63) is 53.3 Å². The van der Waals surface area contributed by atoms with Crippen LogP contribution in [0.2, 0.25) is 0 Å².